The molecule has 0 fully saturated rings. The van der Waals surface area contributed by atoms with Gasteiger partial charge in [-0.25, -0.2) is 9.37 Å². The van der Waals surface area contributed by atoms with Gasteiger partial charge < -0.3 is 5.11 Å². The van der Waals surface area contributed by atoms with E-state index >= 15 is 0 Å². The molecule has 14 heavy (non-hydrogen) atoms. The summed E-state index contributed by atoms with van der Waals surface area (Å²) in [6.45, 7) is 0. The van der Waals surface area contributed by atoms with E-state index in [0.717, 1.165) is 5.56 Å². The predicted molar refractivity (Wildman–Crippen MR) is 56.4 cm³/mol. The summed E-state index contributed by atoms with van der Waals surface area (Å²) in [7, 11) is 0. The number of hydrogen-bond donors (Lipinski definition) is 1. The van der Waals surface area contributed by atoms with Crippen molar-refractivity contribution in [3.63, 3.8) is 0 Å². The van der Waals surface area contributed by atoms with Crippen LogP contribution in [0.4, 0.5) is 4.39 Å². The van der Waals surface area contributed by atoms with Crippen molar-refractivity contribution in [2.75, 3.05) is 0 Å². The van der Waals surface area contributed by atoms with Crippen molar-refractivity contribution in [2.45, 2.75) is 0 Å². The molecule has 2 nitrogen and oxygen atoms in total. The highest BCUT2D eigenvalue weighted by Gasteiger charge is 2.02. The van der Waals surface area contributed by atoms with Crippen molar-refractivity contribution in [1.29, 1.82) is 0 Å². The number of thiazole rings is 1. The smallest absolute Gasteiger partial charge is 0.222 e. The van der Waals surface area contributed by atoms with E-state index in [4.69, 9.17) is 5.11 Å². The molecule has 0 bridgehead atoms. The van der Waals surface area contributed by atoms with E-state index < -0.39 is 0 Å². The predicted octanol–water partition coefficient (Wildman–Crippen LogP) is 3.08. The van der Waals surface area contributed by atoms with Crippen molar-refractivity contribution in [2.24, 2.45) is 0 Å². The molecule has 74 valence electrons. The van der Waals surface area contributed by atoms with Crippen LogP contribution in [0.3, 0.4) is 0 Å². The van der Waals surface area contributed by atoms with Crippen LogP contribution in [-0.4, -0.2) is 10.1 Å². The maximum Gasteiger partial charge on any atom is 0.222 e. The number of rotatable bonds is 1. The fourth-order valence-electron chi connectivity index (χ4n) is 0.990. The molecule has 0 saturated carbocycles. The average molecular weight is 232 g/mol. The van der Waals surface area contributed by atoms with Crippen LogP contribution in [-0.2, 0) is 0 Å². The molecule has 1 heterocycles. The third-order valence-electron chi connectivity index (χ3n) is 1.58. The second-order valence-electron chi connectivity index (χ2n) is 2.52. The summed E-state index contributed by atoms with van der Waals surface area (Å²) >= 11 is 1.32. The molecule has 0 aliphatic rings. The van der Waals surface area contributed by atoms with Crippen molar-refractivity contribution in [1.82, 2.24) is 4.98 Å². The molecule has 1 aromatic carbocycles. The minimum atomic E-state index is -0.274. The lowest BCUT2D eigenvalue weighted by Gasteiger charge is -1.93. The first kappa shape index (κ1) is 10.9. The molecule has 0 atom stereocenters. The Morgan fingerprint density at radius 3 is 2.36 bits per heavy atom. The van der Waals surface area contributed by atoms with E-state index in [1.807, 2.05) is 0 Å². The van der Waals surface area contributed by atoms with E-state index in [1.165, 1.54) is 23.5 Å². The molecule has 0 radical (unpaired) electrons. The first-order valence-corrected chi connectivity index (χ1v) is 4.54. The van der Waals surface area contributed by atoms with E-state index in [2.05, 4.69) is 4.98 Å². The zero-order valence-electron chi connectivity index (χ0n) is 6.98. The second-order valence-corrected chi connectivity index (χ2v) is 3.38. The average Bonchev–Trinajstić information content (AvgIpc) is 2.53. The van der Waals surface area contributed by atoms with Gasteiger partial charge in [0.2, 0.25) is 5.88 Å². The van der Waals surface area contributed by atoms with Gasteiger partial charge in [0, 0.05) is 5.56 Å². The van der Waals surface area contributed by atoms with Crippen LogP contribution in [0, 0.1) is 5.82 Å². The molecule has 0 aliphatic carbocycles. The summed E-state index contributed by atoms with van der Waals surface area (Å²) in [5, 5.41) is 11.2. The third-order valence-corrected chi connectivity index (χ3v) is 2.46. The van der Waals surface area contributed by atoms with Gasteiger partial charge in [-0.2, -0.15) is 0 Å². The van der Waals surface area contributed by atoms with E-state index in [9.17, 15) is 4.39 Å². The Kier molecular flexibility index (Phi) is 3.43. The molecule has 1 aromatic heterocycles. The summed E-state index contributed by atoms with van der Waals surface area (Å²) in [5.41, 5.74) is 0.812. The molecule has 0 saturated heterocycles. The van der Waals surface area contributed by atoms with Crippen molar-refractivity contribution in [3.8, 4) is 16.5 Å². The van der Waals surface area contributed by atoms with Gasteiger partial charge in [0.05, 0.1) is 5.38 Å². The quantitative estimate of drug-likeness (QED) is 0.818. The Balaban J connectivity index is 0.000000980. The highest BCUT2D eigenvalue weighted by Crippen LogP contribution is 2.25. The standard InChI is InChI=1S/C9H6FNOS.ClH/c10-7-3-1-6(2-4-7)9-11-8(12)5-13-9;/h1-5,12H;1H. The van der Waals surface area contributed by atoms with Crippen LogP contribution in [0.15, 0.2) is 29.6 Å². The topological polar surface area (TPSA) is 33.1 Å². The highest BCUT2D eigenvalue weighted by molar-refractivity contribution is 7.13. The Hall–Kier alpha value is -1.13. The molecule has 0 unspecified atom stereocenters. The molecule has 2 aromatic rings. The molecule has 1 N–H and O–H groups in total. The summed E-state index contributed by atoms with van der Waals surface area (Å²) in [5.74, 6) is -0.270. The maximum absolute atomic E-state index is 12.5. The largest absolute Gasteiger partial charge is 0.493 e. The third kappa shape index (κ3) is 2.21. The fourth-order valence-corrected chi connectivity index (χ4v) is 1.68. The highest BCUT2D eigenvalue weighted by atomic mass is 35.5. The van der Waals surface area contributed by atoms with Crippen LogP contribution in [0.2, 0.25) is 0 Å². The SMILES string of the molecule is Cl.Oc1csc(-c2ccc(F)cc2)n1. The number of nitrogens with zero attached hydrogens (tertiary/aromatic N) is 1. The molecular formula is C9H7ClFNOS. The monoisotopic (exact) mass is 231 g/mol. The van der Waals surface area contributed by atoms with Gasteiger partial charge in [-0.15, -0.1) is 23.7 Å². The minimum Gasteiger partial charge on any atom is -0.493 e. The van der Waals surface area contributed by atoms with Crippen LogP contribution in [0.1, 0.15) is 0 Å². The van der Waals surface area contributed by atoms with Gasteiger partial charge in [-0.1, -0.05) is 0 Å². The van der Waals surface area contributed by atoms with Crippen LogP contribution in [0.5, 0.6) is 5.88 Å². The molecule has 2 rings (SSSR count). The fraction of sp³-hybridized carbons (Fsp3) is 0. The summed E-state index contributed by atoms with van der Waals surface area (Å²) in [6, 6.07) is 6.00. The zero-order chi connectivity index (χ0) is 9.26. The zero-order valence-corrected chi connectivity index (χ0v) is 8.61. The van der Waals surface area contributed by atoms with E-state index in [1.54, 1.807) is 17.5 Å². The van der Waals surface area contributed by atoms with E-state index in [-0.39, 0.29) is 24.1 Å². The minimum absolute atomic E-state index is 0. The van der Waals surface area contributed by atoms with Gasteiger partial charge >= 0.3 is 0 Å². The van der Waals surface area contributed by atoms with Crippen LogP contribution in [0.25, 0.3) is 10.6 Å². The van der Waals surface area contributed by atoms with Gasteiger partial charge in [0.15, 0.2) is 0 Å². The molecule has 0 spiro atoms. The lowest BCUT2D eigenvalue weighted by atomic mass is 10.2. The number of hydrogen-bond acceptors (Lipinski definition) is 3. The normalized spacial score (nSPS) is 9.50. The van der Waals surface area contributed by atoms with Crippen LogP contribution < -0.4 is 0 Å². The molecule has 0 amide bonds. The van der Waals surface area contributed by atoms with Crippen molar-refractivity contribution in [3.05, 3.63) is 35.5 Å². The van der Waals surface area contributed by atoms with Gasteiger partial charge in [0.25, 0.3) is 0 Å². The summed E-state index contributed by atoms with van der Waals surface area (Å²) in [4.78, 5) is 3.86. The van der Waals surface area contributed by atoms with Gasteiger partial charge in [0.1, 0.15) is 10.8 Å². The van der Waals surface area contributed by atoms with Crippen molar-refractivity contribution >= 4 is 23.7 Å². The molecule has 0 aliphatic heterocycles. The molecular weight excluding hydrogens is 225 g/mol. The number of benzene rings is 1. The first-order valence-electron chi connectivity index (χ1n) is 3.66. The van der Waals surface area contributed by atoms with Crippen LogP contribution >= 0.6 is 23.7 Å². The first-order chi connectivity index (χ1) is 6.25. The Bertz CT molecular complexity index is 415. The second kappa shape index (κ2) is 4.39. The van der Waals surface area contributed by atoms with E-state index in [0.29, 0.717) is 5.01 Å². The Morgan fingerprint density at radius 1 is 1.21 bits per heavy atom. The van der Waals surface area contributed by atoms with Gasteiger partial charge in [-0.3, -0.25) is 0 Å². The maximum atomic E-state index is 12.5. The summed E-state index contributed by atoms with van der Waals surface area (Å²) < 4.78 is 12.5. The lowest BCUT2D eigenvalue weighted by molar-refractivity contribution is 0.458. The number of aromatic hydroxyl groups is 1. The Morgan fingerprint density at radius 2 is 1.86 bits per heavy atom. The lowest BCUT2D eigenvalue weighted by Crippen LogP contribution is -1.76. The number of halogens is 2. The molecule has 5 heteroatoms. The van der Waals surface area contributed by atoms with Gasteiger partial charge in [-0.05, 0) is 24.3 Å². The Labute approximate surface area is 90.5 Å². The van der Waals surface area contributed by atoms with Crippen molar-refractivity contribution < 1.29 is 9.50 Å². The number of aromatic nitrogens is 1. The summed E-state index contributed by atoms with van der Waals surface area (Å²) in [6.07, 6.45) is 0.